The quantitative estimate of drug-likeness (QED) is 0.809. The molecule has 0 bridgehead atoms. The second-order valence-electron chi connectivity index (χ2n) is 7.53. The van der Waals surface area contributed by atoms with E-state index in [0.29, 0.717) is 37.6 Å². The van der Waals surface area contributed by atoms with E-state index in [4.69, 9.17) is 10.00 Å². The number of nitriles is 1. The first-order valence-corrected chi connectivity index (χ1v) is 8.93. The van der Waals surface area contributed by atoms with Crippen LogP contribution in [0.15, 0.2) is 24.4 Å². The summed E-state index contributed by atoms with van der Waals surface area (Å²) >= 11 is 0. The van der Waals surface area contributed by atoms with Gasteiger partial charge in [-0.2, -0.15) is 15.0 Å². The highest BCUT2D eigenvalue weighted by atomic mass is 16.6. The minimum atomic E-state index is -0.495. The highest BCUT2D eigenvalue weighted by Crippen LogP contribution is 2.22. The fraction of sp³-hybridized carbons (Fsp3) is 0.474. The van der Waals surface area contributed by atoms with Crippen molar-refractivity contribution in [3.8, 4) is 11.9 Å². The van der Waals surface area contributed by atoms with Gasteiger partial charge in [-0.15, -0.1) is 0 Å². The van der Waals surface area contributed by atoms with E-state index in [1.807, 2.05) is 33.8 Å². The van der Waals surface area contributed by atoms with Gasteiger partial charge in [-0.1, -0.05) is 0 Å². The number of aryl methyl sites for hydroxylation is 1. The van der Waals surface area contributed by atoms with Crippen molar-refractivity contribution in [1.82, 2.24) is 19.7 Å². The third-order valence-electron chi connectivity index (χ3n) is 4.16. The molecule has 3 rings (SSSR count). The van der Waals surface area contributed by atoms with Crippen molar-refractivity contribution in [2.75, 3.05) is 31.1 Å². The minimum Gasteiger partial charge on any atom is -0.444 e. The van der Waals surface area contributed by atoms with Crippen LogP contribution in [0.2, 0.25) is 0 Å². The van der Waals surface area contributed by atoms with Gasteiger partial charge in [0, 0.05) is 38.4 Å². The monoisotopic (exact) mass is 368 g/mol. The maximum absolute atomic E-state index is 12.2. The Kier molecular flexibility index (Phi) is 5.04. The molecule has 1 saturated heterocycles. The van der Waals surface area contributed by atoms with Crippen LogP contribution in [0.25, 0.3) is 5.82 Å². The highest BCUT2D eigenvalue weighted by Gasteiger charge is 2.27. The second kappa shape index (κ2) is 7.27. The van der Waals surface area contributed by atoms with Gasteiger partial charge in [0.05, 0.1) is 11.3 Å². The van der Waals surface area contributed by atoms with E-state index in [-0.39, 0.29) is 6.09 Å². The number of hydrogen-bond donors (Lipinski definition) is 0. The lowest BCUT2D eigenvalue weighted by Crippen LogP contribution is -2.50. The molecule has 0 aromatic carbocycles. The first kappa shape index (κ1) is 18.7. The zero-order chi connectivity index (χ0) is 19.6. The summed E-state index contributed by atoms with van der Waals surface area (Å²) in [5.41, 5.74) is 0.895. The number of aromatic nitrogens is 3. The summed E-state index contributed by atoms with van der Waals surface area (Å²) in [6.45, 7) is 10.1. The van der Waals surface area contributed by atoms with Crippen LogP contribution in [0.3, 0.4) is 0 Å². The Labute approximate surface area is 159 Å². The molecule has 27 heavy (non-hydrogen) atoms. The number of nitrogens with zero attached hydrogens (tertiary/aromatic N) is 6. The highest BCUT2D eigenvalue weighted by molar-refractivity contribution is 5.68. The molecule has 0 saturated carbocycles. The van der Waals surface area contributed by atoms with Gasteiger partial charge in [0.15, 0.2) is 5.82 Å². The number of ether oxygens (including phenoxy) is 1. The molecule has 1 amide bonds. The molecule has 0 atom stereocenters. The normalized spacial score (nSPS) is 14.8. The van der Waals surface area contributed by atoms with Crippen molar-refractivity contribution in [2.24, 2.45) is 0 Å². The van der Waals surface area contributed by atoms with Crippen LogP contribution in [0, 0.1) is 18.3 Å². The lowest BCUT2D eigenvalue weighted by molar-refractivity contribution is 0.0240. The van der Waals surface area contributed by atoms with E-state index in [1.54, 1.807) is 21.7 Å². The Hall–Kier alpha value is -3.08. The molecule has 0 aliphatic carbocycles. The predicted octanol–water partition coefficient (Wildman–Crippen LogP) is 2.50. The first-order valence-electron chi connectivity index (χ1n) is 8.93. The molecular formula is C19H24N6O2. The van der Waals surface area contributed by atoms with Crippen molar-refractivity contribution in [3.05, 3.63) is 35.7 Å². The average molecular weight is 368 g/mol. The fourth-order valence-corrected chi connectivity index (χ4v) is 2.90. The standard InChI is InChI=1S/C19H24N6O2/c1-14-11-17(25(22-14)16-6-5-15(12-20)13-21-16)23-7-9-24(10-8-23)18(26)27-19(2,3)4/h5-6,11,13H,7-10H2,1-4H3. The van der Waals surface area contributed by atoms with Gasteiger partial charge in [0.2, 0.25) is 0 Å². The Bertz CT molecular complexity index is 852. The van der Waals surface area contributed by atoms with E-state index in [0.717, 1.165) is 11.5 Å². The van der Waals surface area contributed by atoms with Crippen molar-refractivity contribution >= 4 is 11.9 Å². The third kappa shape index (κ3) is 4.37. The summed E-state index contributed by atoms with van der Waals surface area (Å²) in [6, 6.07) is 7.58. The fourth-order valence-electron chi connectivity index (χ4n) is 2.90. The smallest absolute Gasteiger partial charge is 0.410 e. The zero-order valence-corrected chi connectivity index (χ0v) is 16.1. The van der Waals surface area contributed by atoms with Crippen LogP contribution < -0.4 is 4.90 Å². The Balaban J connectivity index is 1.73. The summed E-state index contributed by atoms with van der Waals surface area (Å²) in [4.78, 5) is 20.5. The molecule has 2 aromatic rings. The second-order valence-corrected chi connectivity index (χ2v) is 7.53. The summed E-state index contributed by atoms with van der Waals surface area (Å²) in [6.07, 6.45) is 1.26. The molecule has 0 unspecified atom stereocenters. The van der Waals surface area contributed by atoms with E-state index in [1.165, 1.54) is 6.20 Å². The van der Waals surface area contributed by atoms with Crippen LogP contribution in [-0.2, 0) is 4.74 Å². The van der Waals surface area contributed by atoms with Crippen molar-refractivity contribution < 1.29 is 9.53 Å². The molecule has 8 nitrogen and oxygen atoms in total. The molecular weight excluding hydrogens is 344 g/mol. The van der Waals surface area contributed by atoms with Crippen LogP contribution in [-0.4, -0.2) is 57.5 Å². The molecule has 8 heteroatoms. The van der Waals surface area contributed by atoms with Gasteiger partial charge in [-0.3, -0.25) is 0 Å². The molecule has 1 fully saturated rings. The van der Waals surface area contributed by atoms with Gasteiger partial charge in [-0.25, -0.2) is 9.78 Å². The summed E-state index contributed by atoms with van der Waals surface area (Å²) in [5, 5.41) is 13.5. The number of carbonyl (C=O) groups excluding carboxylic acids is 1. The lowest BCUT2D eigenvalue weighted by atomic mass is 10.2. The van der Waals surface area contributed by atoms with Gasteiger partial charge in [-0.05, 0) is 39.8 Å². The molecule has 0 spiro atoms. The van der Waals surface area contributed by atoms with E-state index >= 15 is 0 Å². The van der Waals surface area contributed by atoms with Gasteiger partial charge >= 0.3 is 6.09 Å². The molecule has 1 aliphatic rings. The molecule has 1 aliphatic heterocycles. The molecule has 0 N–H and O–H groups in total. The minimum absolute atomic E-state index is 0.277. The SMILES string of the molecule is Cc1cc(N2CCN(C(=O)OC(C)(C)C)CC2)n(-c2ccc(C#N)cn2)n1. The number of pyridine rings is 1. The molecule has 3 heterocycles. The Morgan fingerprint density at radius 2 is 1.93 bits per heavy atom. The van der Waals surface area contributed by atoms with Gasteiger partial charge in [0.25, 0.3) is 0 Å². The Morgan fingerprint density at radius 1 is 1.22 bits per heavy atom. The van der Waals surface area contributed by atoms with Gasteiger partial charge in [0.1, 0.15) is 17.5 Å². The van der Waals surface area contributed by atoms with Crippen LogP contribution in [0.1, 0.15) is 32.0 Å². The Morgan fingerprint density at radius 3 is 2.48 bits per heavy atom. The zero-order valence-electron chi connectivity index (χ0n) is 16.1. The van der Waals surface area contributed by atoms with Crippen molar-refractivity contribution in [1.29, 1.82) is 5.26 Å². The lowest BCUT2D eigenvalue weighted by Gasteiger charge is -2.36. The number of anilines is 1. The number of hydrogen-bond acceptors (Lipinski definition) is 6. The average Bonchev–Trinajstić information content (AvgIpc) is 3.02. The van der Waals surface area contributed by atoms with Gasteiger partial charge < -0.3 is 14.5 Å². The maximum atomic E-state index is 12.2. The van der Waals surface area contributed by atoms with E-state index < -0.39 is 5.60 Å². The third-order valence-corrected chi connectivity index (χ3v) is 4.16. The summed E-state index contributed by atoms with van der Waals surface area (Å²) in [7, 11) is 0. The summed E-state index contributed by atoms with van der Waals surface area (Å²) < 4.78 is 7.23. The van der Waals surface area contributed by atoms with Crippen molar-refractivity contribution in [3.63, 3.8) is 0 Å². The first-order chi connectivity index (χ1) is 12.8. The number of amides is 1. The number of carbonyl (C=O) groups is 1. The topological polar surface area (TPSA) is 87.3 Å². The predicted molar refractivity (Wildman–Crippen MR) is 101 cm³/mol. The van der Waals surface area contributed by atoms with Crippen molar-refractivity contribution in [2.45, 2.75) is 33.3 Å². The molecule has 0 radical (unpaired) electrons. The van der Waals surface area contributed by atoms with Crippen LogP contribution in [0.4, 0.5) is 10.6 Å². The maximum Gasteiger partial charge on any atom is 0.410 e. The van der Waals surface area contributed by atoms with E-state index in [9.17, 15) is 4.79 Å². The number of rotatable bonds is 2. The van der Waals surface area contributed by atoms with Crippen LogP contribution in [0.5, 0.6) is 0 Å². The largest absolute Gasteiger partial charge is 0.444 e. The van der Waals surface area contributed by atoms with E-state index in [2.05, 4.69) is 21.1 Å². The molecule has 142 valence electrons. The molecule has 2 aromatic heterocycles. The summed E-state index contributed by atoms with van der Waals surface area (Å²) in [5.74, 6) is 1.58. The number of piperazine rings is 1. The van der Waals surface area contributed by atoms with Crippen LogP contribution >= 0.6 is 0 Å².